The summed E-state index contributed by atoms with van der Waals surface area (Å²) < 4.78 is 27.6. The molecule has 2 unspecified atom stereocenters. The van der Waals surface area contributed by atoms with Gasteiger partial charge in [-0.2, -0.15) is 0 Å². The molecule has 0 amide bonds. The van der Waals surface area contributed by atoms with E-state index >= 15 is 0 Å². The average molecular weight is 686 g/mol. The maximum absolute atomic E-state index is 13.8. The fourth-order valence-corrected chi connectivity index (χ4v) is 7.24. The molecular formula is C34H44ClN5O4S2. The van der Waals surface area contributed by atoms with E-state index in [0.717, 1.165) is 35.4 Å². The summed E-state index contributed by atoms with van der Waals surface area (Å²) >= 11 is 1.55. The number of unbranched alkanes of at least 4 members (excludes halogenated alkanes) is 8. The maximum Gasteiger partial charge on any atom is 0.326 e. The molecule has 0 aliphatic heterocycles. The number of hydrogen-bond acceptors (Lipinski definition) is 9. The molecule has 12 heteroatoms. The number of rotatable bonds is 20. The fourth-order valence-electron chi connectivity index (χ4n) is 5.12. The number of aliphatic carboxylic acids is 1. The quantitative estimate of drug-likeness (QED) is 0.0790. The van der Waals surface area contributed by atoms with Gasteiger partial charge in [0, 0.05) is 29.9 Å². The van der Waals surface area contributed by atoms with Gasteiger partial charge in [-0.1, -0.05) is 101 Å². The van der Waals surface area contributed by atoms with Crippen molar-refractivity contribution in [1.29, 1.82) is 0 Å². The fraction of sp³-hybridized carbons (Fsp3) is 0.412. The lowest BCUT2D eigenvalue weighted by atomic mass is 10.0. The van der Waals surface area contributed by atoms with Crippen LogP contribution in [0.15, 0.2) is 83.5 Å². The Hall–Kier alpha value is -3.38. The molecule has 0 saturated heterocycles. The molecule has 0 spiro atoms. The first kappa shape index (κ1) is 37.1. The number of thiazole rings is 1. The predicted molar refractivity (Wildman–Crippen MR) is 187 cm³/mol. The molecule has 3 aromatic heterocycles. The highest BCUT2D eigenvalue weighted by Gasteiger charge is 2.31. The number of benzene rings is 1. The van der Waals surface area contributed by atoms with Gasteiger partial charge >= 0.3 is 5.97 Å². The highest BCUT2D eigenvalue weighted by Crippen LogP contribution is 2.27. The Morgan fingerprint density at radius 1 is 0.870 bits per heavy atom. The van der Waals surface area contributed by atoms with Crippen LogP contribution in [-0.2, 0) is 21.2 Å². The van der Waals surface area contributed by atoms with Crippen molar-refractivity contribution in [3.05, 3.63) is 89.7 Å². The SMILES string of the molecule is CCCCCCCCCCCC(Nc1cccc(C(NCc2ccc(-c3nccs3)cc2)S(=O)(=O)c2ccccn2)n1)C(=O)O.Cl. The number of nitrogens with zero attached hydrogens (tertiary/aromatic N) is 3. The smallest absolute Gasteiger partial charge is 0.326 e. The summed E-state index contributed by atoms with van der Waals surface area (Å²) in [5.41, 5.74) is 2.12. The molecule has 0 saturated carbocycles. The van der Waals surface area contributed by atoms with Crippen LogP contribution >= 0.6 is 23.7 Å². The van der Waals surface area contributed by atoms with Gasteiger partial charge in [-0.3, -0.25) is 5.32 Å². The van der Waals surface area contributed by atoms with E-state index in [1.54, 1.807) is 47.9 Å². The average Bonchev–Trinajstić information content (AvgIpc) is 3.60. The summed E-state index contributed by atoms with van der Waals surface area (Å²) in [6.07, 6.45) is 14.0. The Kier molecular flexibility index (Phi) is 15.6. The van der Waals surface area contributed by atoms with Crippen LogP contribution < -0.4 is 10.6 Å². The van der Waals surface area contributed by atoms with Gasteiger partial charge in [-0.25, -0.2) is 28.2 Å². The van der Waals surface area contributed by atoms with Crippen molar-refractivity contribution in [1.82, 2.24) is 20.3 Å². The molecule has 0 aliphatic rings. The van der Waals surface area contributed by atoms with Crippen LogP contribution in [0.2, 0.25) is 0 Å². The molecule has 4 aromatic rings. The number of anilines is 1. The zero-order valence-corrected chi connectivity index (χ0v) is 28.6. The van der Waals surface area contributed by atoms with Crippen molar-refractivity contribution in [3.63, 3.8) is 0 Å². The lowest BCUT2D eigenvalue weighted by Gasteiger charge is -2.21. The lowest BCUT2D eigenvalue weighted by Crippen LogP contribution is -2.31. The monoisotopic (exact) mass is 685 g/mol. The minimum absolute atomic E-state index is 0. The number of aromatic nitrogens is 3. The second-order valence-corrected chi connectivity index (χ2v) is 14.0. The van der Waals surface area contributed by atoms with Crippen molar-refractivity contribution < 1.29 is 18.3 Å². The van der Waals surface area contributed by atoms with Crippen LogP contribution in [0, 0.1) is 0 Å². The standard InChI is InChI=1S/C34H43N5O4S2.ClH/c1-2-3-4-5-6-7-8-9-10-14-29(34(40)41)39-30-16-13-15-28(38-30)33(45(42,43)31-17-11-12-22-35-31)37-25-26-18-20-27(21-19-26)32-36-23-24-44-32;/h11-13,15-24,29,33,37H,2-10,14,25H2,1H3,(H,38,39)(H,40,41);1H. The molecule has 0 bridgehead atoms. The number of sulfone groups is 1. The van der Waals surface area contributed by atoms with Crippen LogP contribution in [0.4, 0.5) is 5.82 Å². The van der Waals surface area contributed by atoms with Crippen molar-refractivity contribution >= 4 is 45.4 Å². The third kappa shape index (κ3) is 11.2. The molecular weight excluding hydrogens is 642 g/mol. The maximum atomic E-state index is 13.8. The minimum Gasteiger partial charge on any atom is -0.480 e. The normalized spacial score (nSPS) is 12.6. The summed E-state index contributed by atoms with van der Waals surface area (Å²) in [6, 6.07) is 16.7. The Bertz CT molecular complexity index is 1560. The Morgan fingerprint density at radius 2 is 1.59 bits per heavy atom. The molecule has 3 N–H and O–H groups in total. The molecule has 46 heavy (non-hydrogen) atoms. The van der Waals surface area contributed by atoms with Gasteiger partial charge in [-0.05, 0) is 36.2 Å². The summed E-state index contributed by atoms with van der Waals surface area (Å²) in [5.74, 6) is -0.648. The van der Waals surface area contributed by atoms with E-state index in [0.29, 0.717) is 12.2 Å². The van der Waals surface area contributed by atoms with Crippen LogP contribution in [0.3, 0.4) is 0 Å². The number of hydrogen-bond donors (Lipinski definition) is 3. The van der Waals surface area contributed by atoms with E-state index in [1.807, 2.05) is 29.6 Å². The van der Waals surface area contributed by atoms with Crippen LogP contribution in [0.25, 0.3) is 10.6 Å². The Morgan fingerprint density at radius 3 is 2.22 bits per heavy atom. The second kappa shape index (κ2) is 19.3. The topological polar surface area (TPSA) is 134 Å². The van der Waals surface area contributed by atoms with Crippen LogP contribution in [0.1, 0.15) is 87.8 Å². The molecule has 3 heterocycles. The molecule has 1 aromatic carbocycles. The number of pyridine rings is 2. The lowest BCUT2D eigenvalue weighted by molar-refractivity contribution is -0.138. The summed E-state index contributed by atoms with van der Waals surface area (Å²) in [4.78, 5) is 25.1. The number of carboxylic acid groups (broad SMARTS) is 1. The predicted octanol–water partition coefficient (Wildman–Crippen LogP) is 8.07. The Labute approximate surface area is 282 Å². The first-order chi connectivity index (χ1) is 21.9. The molecule has 0 aliphatic carbocycles. The number of halogens is 1. The second-order valence-electron chi connectivity index (χ2n) is 11.1. The molecule has 4 rings (SSSR count). The molecule has 9 nitrogen and oxygen atoms in total. The molecule has 2 atom stereocenters. The van der Waals surface area contributed by atoms with E-state index in [9.17, 15) is 18.3 Å². The largest absolute Gasteiger partial charge is 0.480 e. The minimum atomic E-state index is -4.00. The van der Waals surface area contributed by atoms with Gasteiger partial charge < -0.3 is 10.4 Å². The summed E-state index contributed by atoms with van der Waals surface area (Å²) in [7, 11) is -4.00. The highest BCUT2D eigenvalue weighted by molar-refractivity contribution is 7.91. The van der Waals surface area contributed by atoms with Gasteiger partial charge in [0.15, 0.2) is 10.4 Å². The van der Waals surface area contributed by atoms with Crippen molar-refractivity contribution in [2.75, 3.05) is 5.32 Å². The van der Waals surface area contributed by atoms with E-state index < -0.39 is 27.2 Å². The Balaban J connectivity index is 0.00000576. The highest BCUT2D eigenvalue weighted by atomic mass is 35.5. The van der Waals surface area contributed by atoms with E-state index in [1.165, 1.54) is 50.8 Å². The summed E-state index contributed by atoms with van der Waals surface area (Å²) in [6.45, 7) is 2.47. The van der Waals surface area contributed by atoms with Gasteiger partial charge in [0.05, 0.1) is 5.69 Å². The van der Waals surface area contributed by atoms with Crippen LogP contribution in [-0.4, -0.2) is 40.5 Å². The van der Waals surface area contributed by atoms with Gasteiger partial charge in [-0.15, -0.1) is 23.7 Å². The number of carbonyl (C=O) groups is 1. The van der Waals surface area contributed by atoms with E-state index in [2.05, 4.69) is 32.5 Å². The van der Waals surface area contributed by atoms with Gasteiger partial charge in [0.2, 0.25) is 9.84 Å². The third-order valence-corrected chi connectivity index (χ3v) is 10.3. The molecule has 0 fully saturated rings. The number of nitrogens with one attached hydrogen (secondary N) is 2. The van der Waals surface area contributed by atoms with E-state index in [4.69, 9.17) is 0 Å². The summed E-state index contributed by atoms with van der Waals surface area (Å²) in [5, 5.41) is 17.6. The van der Waals surface area contributed by atoms with E-state index in [-0.39, 0.29) is 29.7 Å². The van der Waals surface area contributed by atoms with Gasteiger partial charge in [0.25, 0.3) is 0 Å². The molecule has 248 valence electrons. The van der Waals surface area contributed by atoms with Crippen molar-refractivity contribution in [3.8, 4) is 10.6 Å². The zero-order chi connectivity index (χ0) is 31.9. The van der Waals surface area contributed by atoms with Crippen molar-refractivity contribution in [2.24, 2.45) is 0 Å². The van der Waals surface area contributed by atoms with Gasteiger partial charge in [0.1, 0.15) is 16.9 Å². The van der Waals surface area contributed by atoms with Crippen molar-refractivity contribution in [2.45, 2.75) is 94.1 Å². The molecule has 0 radical (unpaired) electrons. The number of carboxylic acids is 1. The first-order valence-corrected chi connectivity index (χ1v) is 18.1. The first-order valence-electron chi connectivity index (χ1n) is 15.7. The zero-order valence-electron chi connectivity index (χ0n) is 26.2. The van der Waals surface area contributed by atoms with Crippen LogP contribution in [0.5, 0.6) is 0 Å². The third-order valence-electron chi connectivity index (χ3n) is 7.62.